The molecule has 2 N–H and O–H groups in total. The fraction of sp³-hybridized carbons (Fsp3) is 0.458. The number of aryl methyl sites for hydroxylation is 1. The van der Waals surface area contributed by atoms with Crippen LogP contribution in [0.3, 0.4) is 0 Å². The maximum absolute atomic E-state index is 12.3. The van der Waals surface area contributed by atoms with Crippen molar-refractivity contribution in [1.82, 2.24) is 14.9 Å². The number of carbonyl (C=O) groups excluding carboxylic acids is 1. The summed E-state index contributed by atoms with van der Waals surface area (Å²) in [6.07, 6.45) is 1.95. The molecule has 32 heavy (non-hydrogen) atoms. The molecule has 1 saturated heterocycles. The van der Waals surface area contributed by atoms with Crippen LogP contribution in [0.25, 0.3) is 0 Å². The van der Waals surface area contributed by atoms with Crippen LogP contribution in [-0.2, 0) is 10.0 Å². The molecule has 0 bridgehead atoms. The lowest BCUT2D eigenvalue weighted by Gasteiger charge is -2.36. The van der Waals surface area contributed by atoms with Crippen molar-refractivity contribution < 1.29 is 13.2 Å². The molecule has 174 valence electrons. The minimum absolute atomic E-state index is 0.165. The maximum atomic E-state index is 12.3. The Morgan fingerprint density at radius 1 is 1.00 bits per heavy atom. The molecule has 8 heteroatoms. The molecule has 1 heterocycles. The molecule has 2 aromatic rings. The highest BCUT2D eigenvalue weighted by molar-refractivity contribution is 7.89. The number of hydrogen-bond acceptors (Lipinski definition) is 5. The van der Waals surface area contributed by atoms with Crippen molar-refractivity contribution in [2.75, 3.05) is 50.7 Å². The molecule has 0 aromatic heterocycles. The lowest BCUT2D eigenvalue weighted by molar-refractivity contribution is 0.0952. The van der Waals surface area contributed by atoms with Gasteiger partial charge in [0.05, 0.1) is 4.90 Å². The zero-order chi connectivity index (χ0) is 23.0. The first-order valence-corrected chi connectivity index (χ1v) is 12.8. The first kappa shape index (κ1) is 24.2. The molecule has 0 saturated carbocycles. The summed E-state index contributed by atoms with van der Waals surface area (Å²) in [6, 6.07) is 14.7. The summed E-state index contributed by atoms with van der Waals surface area (Å²) in [7, 11) is -3.50. The average molecular weight is 459 g/mol. The normalized spacial score (nSPS) is 15.0. The van der Waals surface area contributed by atoms with E-state index in [4.69, 9.17) is 0 Å². The summed E-state index contributed by atoms with van der Waals surface area (Å²) < 4.78 is 26.4. The Bertz CT molecular complexity index is 985. The third-order valence-electron chi connectivity index (χ3n) is 5.69. The van der Waals surface area contributed by atoms with Gasteiger partial charge in [0.25, 0.3) is 5.91 Å². The minimum atomic E-state index is -3.50. The Labute approximate surface area is 191 Å². The lowest BCUT2D eigenvalue weighted by Crippen LogP contribution is -2.46. The second-order valence-electron chi connectivity index (χ2n) is 8.16. The minimum Gasteiger partial charge on any atom is -0.369 e. The number of anilines is 1. The first-order valence-electron chi connectivity index (χ1n) is 11.3. The monoisotopic (exact) mass is 458 g/mol. The van der Waals surface area contributed by atoms with Crippen LogP contribution in [0.1, 0.15) is 35.7 Å². The average Bonchev–Trinajstić information content (AvgIpc) is 2.79. The highest BCUT2D eigenvalue weighted by Gasteiger charge is 2.17. The Morgan fingerprint density at radius 2 is 1.72 bits per heavy atom. The number of hydrogen-bond donors (Lipinski definition) is 2. The van der Waals surface area contributed by atoms with E-state index in [-0.39, 0.29) is 10.8 Å². The largest absolute Gasteiger partial charge is 0.369 e. The molecule has 7 nitrogen and oxygen atoms in total. The van der Waals surface area contributed by atoms with Gasteiger partial charge in [-0.05, 0) is 68.3 Å². The van der Waals surface area contributed by atoms with Crippen molar-refractivity contribution in [3.05, 3.63) is 59.7 Å². The molecule has 3 rings (SSSR count). The Hall–Kier alpha value is -2.42. The topological polar surface area (TPSA) is 81.7 Å². The van der Waals surface area contributed by atoms with Gasteiger partial charge in [-0.1, -0.05) is 19.1 Å². The molecule has 0 spiro atoms. The molecular formula is C24H34N4O3S. The number of piperazine rings is 1. The molecule has 1 amide bonds. The molecule has 0 aliphatic carbocycles. The summed E-state index contributed by atoms with van der Waals surface area (Å²) in [5.74, 6) is -0.177. The predicted molar refractivity (Wildman–Crippen MR) is 129 cm³/mol. The van der Waals surface area contributed by atoms with Crippen molar-refractivity contribution in [2.45, 2.75) is 31.6 Å². The van der Waals surface area contributed by atoms with Crippen molar-refractivity contribution in [1.29, 1.82) is 0 Å². The fourth-order valence-electron chi connectivity index (χ4n) is 3.88. The summed E-state index contributed by atoms with van der Waals surface area (Å²) in [5.41, 5.74) is 3.06. The van der Waals surface area contributed by atoms with E-state index in [2.05, 4.69) is 51.0 Å². The van der Waals surface area contributed by atoms with E-state index in [1.165, 1.54) is 23.4 Å². The van der Waals surface area contributed by atoms with Crippen molar-refractivity contribution in [3.8, 4) is 0 Å². The van der Waals surface area contributed by atoms with Crippen LogP contribution in [0.4, 0.5) is 5.69 Å². The van der Waals surface area contributed by atoms with Gasteiger partial charge in [-0.25, -0.2) is 13.1 Å². The summed E-state index contributed by atoms with van der Waals surface area (Å²) in [6.45, 7) is 10.0. The maximum Gasteiger partial charge on any atom is 0.251 e. The van der Waals surface area contributed by atoms with Crippen LogP contribution in [0.5, 0.6) is 0 Å². The summed E-state index contributed by atoms with van der Waals surface area (Å²) >= 11 is 0. The highest BCUT2D eigenvalue weighted by Crippen LogP contribution is 2.18. The molecule has 1 aliphatic rings. The first-order chi connectivity index (χ1) is 15.4. The number of benzene rings is 2. The number of nitrogens with one attached hydrogen (secondary N) is 2. The lowest BCUT2D eigenvalue weighted by atomic mass is 10.2. The molecule has 0 unspecified atom stereocenters. The van der Waals surface area contributed by atoms with Gasteiger partial charge in [0.1, 0.15) is 0 Å². The van der Waals surface area contributed by atoms with Crippen LogP contribution in [0, 0.1) is 6.92 Å². The second-order valence-corrected chi connectivity index (χ2v) is 9.92. The van der Waals surface area contributed by atoms with Crippen molar-refractivity contribution >= 4 is 21.6 Å². The number of nitrogens with zero attached hydrogens (tertiary/aromatic N) is 2. The smallest absolute Gasteiger partial charge is 0.251 e. The van der Waals surface area contributed by atoms with Crippen LogP contribution < -0.4 is 14.9 Å². The Kier molecular flexibility index (Phi) is 8.67. The molecule has 1 fully saturated rings. The third-order valence-corrected chi connectivity index (χ3v) is 7.25. The number of rotatable bonds is 10. The molecule has 1 aliphatic heterocycles. The fourth-order valence-corrected chi connectivity index (χ4v) is 4.92. The van der Waals surface area contributed by atoms with Crippen molar-refractivity contribution in [2.24, 2.45) is 0 Å². The number of carbonyl (C=O) groups is 1. The van der Waals surface area contributed by atoms with E-state index < -0.39 is 10.0 Å². The van der Waals surface area contributed by atoms with E-state index in [9.17, 15) is 13.2 Å². The van der Waals surface area contributed by atoms with E-state index in [1.54, 1.807) is 19.1 Å². The van der Waals surface area contributed by atoms with Crippen LogP contribution in [0.2, 0.25) is 0 Å². The van der Waals surface area contributed by atoms with E-state index in [0.717, 1.165) is 45.6 Å². The van der Waals surface area contributed by atoms with Crippen molar-refractivity contribution in [3.63, 3.8) is 0 Å². The van der Waals surface area contributed by atoms with E-state index in [0.29, 0.717) is 18.7 Å². The number of sulfonamides is 1. The molecular weight excluding hydrogens is 424 g/mol. The quantitative estimate of drug-likeness (QED) is 0.535. The van der Waals surface area contributed by atoms with Gasteiger partial charge >= 0.3 is 0 Å². The molecule has 2 aromatic carbocycles. The van der Waals surface area contributed by atoms with Gasteiger partial charge in [0, 0.05) is 50.5 Å². The van der Waals surface area contributed by atoms with Gasteiger partial charge in [0.2, 0.25) is 10.0 Å². The zero-order valence-electron chi connectivity index (χ0n) is 19.0. The van der Waals surface area contributed by atoms with Crippen LogP contribution in [0.15, 0.2) is 53.4 Å². The predicted octanol–water partition coefficient (Wildman–Crippen LogP) is 2.63. The van der Waals surface area contributed by atoms with E-state index in [1.807, 2.05) is 0 Å². The zero-order valence-corrected chi connectivity index (χ0v) is 19.8. The highest BCUT2D eigenvalue weighted by atomic mass is 32.2. The Balaban J connectivity index is 1.33. The third kappa shape index (κ3) is 6.79. The van der Waals surface area contributed by atoms with Gasteiger partial charge < -0.3 is 10.2 Å². The number of amides is 1. The second kappa shape index (κ2) is 11.4. The van der Waals surface area contributed by atoms with E-state index >= 15 is 0 Å². The van der Waals surface area contributed by atoms with Gasteiger partial charge in [-0.3, -0.25) is 9.69 Å². The van der Waals surface area contributed by atoms with Gasteiger partial charge in [0.15, 0.2) is 0 Å². The molecule has 0 atom stereocenters. The SMILES string of the molecule is CCNS(=O)(=O)c1ccc(C(=O)NCCCCN2CCN(c3cccc(C)c3)CC2)cc1. The van der Waals surface area contributed by atoms with Crippen LogP contribution in [-0.4, -0.2) is 65.0 Å². The number of unbranched alkanes of at least 4 members (excludes halogenated alkanes) is 1. The summed E-state index contributed by atoms with van der Waals surface area (Å²) in [5, 5.41) is 2.92. The molecule has 0 radical (unpaired) electrons. The summed E-state index contributed by atoms with van der Waals surface area (Å²) in [4.78, 5) is 17.4. The Morgan fingerprint density at radius 3 is 2.38 bits per heavy atom. The van der Waals surface area contributed by atoms with Crippen LogP contribution >= 0.6 is 0 Å². The van der Waals surface area contributed by atoms with Gasteiger partial charge in [-0.15, -0.1) is 0 Å². The standard InChI is InChI=1S/C24H34N4O3S/c1-3-26-32(30,31)23-11-9-21(10-12-23)24(29)25-13-4-5-14-27-15-17-28(18-16-27)22-8-6-7-20(2)19-22/h6-12,19,26H,3-5,13-18H2,1-2H3,(H,25,29). The van der Waals surface area contributed by atoms with Gasteiger partial charge in [-0.2, -0.15) is 0 Å².